The fourth-order valence-corrected chi connectivity index (χ4v) is 2.05. The molecular formula is C15H19NO3. The highest BCUT2D eigenvalue weighted by molar-refractivity contribution is 5.42. The first-order chi connectivity index (χ1) is 9.40. The van der Waals surface area contributed by atoms with Gasteiger partial charge in [0, 0.05) is 6.61 Å². The second-order valence-corrected chi connectivity index (χ2v) is 4.52. The van der Waals surface area contributed by atoms with Gasteiger partial charge in [0.25, 0.3) is 0 Å². The minimum atomic E-state index is 0.236. The van der Waals surface area contributed by atoms with E-state index in [2.05, 4.69) is 6.07 Å². The lowest BCUT2D eigenvalue weighted by atomic mass is 10.1. The number of rotatable bonds is 6. The smallest absolute Gasteiger partial charge is 0.137 e. The van der Waals surface area contributed by atoms with Crippen LogP contribution in [0.5, 0.6) is 5.75 Å². The summed E-state index contributed by atoms with van der Waals surface area (Å²) in [7, 11) is 0. The number of para-hydroxylation sites is 1. The van der Waals surface area contributed by atoms with Crippen LogP contribution in [0, 0.1) is 11.3 Å². The quantitative estimate of drug-likeness (QED) is 0.738. The summed E-state index contributed by atoms with van der Waals surface area (Å²) in [6, 6.07) is 9.31. The molecule has 1 aromatic rings. The van der Waals surface area contributed by atoms with Crippen LogP contribution in [0.3, 0.4) is 0 Å². The van der Waals surface area contributed by atoms with Crippen molar-refractivity contribution < 1.29 is 14.2 Å². The van der Waals surface area contributed by atoms with E-state index in [4.69, 9.17) is 19.5 Å². The molecule has 1 unspecified atom stereocenters. The molecule has 0 N–H and O–H groups in total. The molecule has 19 heavy (non-hydrogen) atoms. The first-order valence-corrected chi connectivity index (χ1v) is 6.71. The van der Waals surface area contributed by atoms with Crippen LogP contribution in [0.4, 0.5) is 0 Å². The first-order valence-electron chi connectivity index (χ1n) is 6.71. The molecule has 0 bridgehead atoms. The first kappa shape index (κ1) is 13.9. The Morgan fingerprint density at radius 1 is 1.26 bits per heavy atom. The van der Waals surface area contributed by atoms with E-state index < -0.39 is 0 Å². The normalized spacial score (nSPS) is 18.8. The van der Waals surface area contributed by atoms with Crippen LogP contribution in [0.25, 0.3) is 0 Å². The lowest BCUT2D eigenvalue weighted by molar-refractivity contribution is -0.0444. The van der Waals surface area contributed by atoms with E-state index in [0.29, 0.717) is 31.1 Å². The average molecular weight is 261 g/mol. The minimum absolute atomic E-state index is 0.236. The summed E-state index contributed by atoms with van der Waals surface area (Å²) >= 11 is 0. The van der Waals surface area contributed by atoms with E-state index in [1.54, 1.807) is 12.1 Å². The largest absolute Gasteiger partial charge is 0.490 e. The highest BCUT2D eigenvalue weighted by Crippen LogP contribution is 2.16. The van der Waals surface area contributed by atoms with Crippen molar-refractivity contribution in [2.24, 2.45) is 0 Å². The second-order valence-electron chi connectivity index (χ2n) is 4.52. The van der Waals surface area contributed by atoms with Crippen molar-refractivity contribution in [1.29, 1.82) is 5.26 Å². The van der Waals surface area contributed by atoms with Gasteiger partial charge in [-0.15, -0.1) is 0 Å². The number of hydrogen-bond donors (Lipinski definition) is 0. The van der Waals surface area contributed by atoms with Crippen molar-refractivity contribution in [1.82, 2.24) is 0 Å². The Morgan fingerprint density at radius 2 is 2.16 bits per heavy atom. The van der Waals surface area contributed by atoms with Gasteiger partial charge in [-0.05, 0) is 31.4 Å². The Morgan fingerprint density at radius 3 is 2.95 bits per heavy atom. The number of nitriles is 1. The SMILES string of the molecule is N#Cc1ccccc1OCCOCC1CCCCO1. The molecule has 2 rings (SSSR count). The van der Waals surface area contributed by atoms with Crippen molar-refractivity contribution in [2.75, 3.05) is 26.4 Å². The molecule has 0 saturated carbocycles. The highest BCUT2D eigenvalue weighted by atomic mass is 16.5. The van der Waals surface area contributed by atoms with Gasteiger partial charge < -0.3 is 14.2 Å². The van der Waals surface area contributed by atoms with E-state index >= 15 is 0 Å². The molecule has 1 atom stereocenters. The van der Waals surface area contributed by atoms with Crippen molar-refractivity contribution in [3.63, 3.8) is 0 Å². The van der Waals surface area contributed by atoms with Crippen LogP contribution in [0.2, 0.25) is 0 Å². The lowest BCUT2D eigenvalue weighted by Crippen LogP contribution is -2.25. The van der Waals surface area contributed by atoms with E-state index in [-0.39, 0.29) is 6.10 Å². The van der Waals surface area contributed by atoms with E-state index in [9.17, 15) is 0 Å². The number of ether oxygens (including phenoxy) is 3. The molecule has 4 heteroatoms. The van der Waals surface area contributed by atoms with E-state index in [0.717, 1.165) is 19.4 Å². The van der Waals surface area contributed by atoms with Gasteiger partial charge in [0.2, 0.25) is 0 Å². The fourth-order valence-electron chi connectivity index (χ4n) is 2.05. The zero-order chi connectivity index (χ0) is 13.3. The summed E-state index contributed by atoms with van der Waals surface area (Å²) in [6.07, 6.45) is 3.70. The lowest BCUT2D eigenvalue weighted by Gasteiger charge is -2.22. The van der Waals surface area contributed by atoms with Crippen LogP contribution in [0.1, 0.15) is 24.8 Å². The summed E-state index contributed by atoms with van der Waals surface area (Å²) in [5.74, 6) is 0.613. The van der Waals surface area contributed by atoms with Gasteiger partial charge >= 0.3 is 0 Å². The maximum Gasteiger partial charge on any atom is 0.137 e. The summed E-state index contributed by atoms with van der Waals surface area (Å²) in [5, 5.41) is 8.91. The molecule has 1 fully saturated rings. The molecular weight excluding hydrogens is 242 g/mol. The summed E-state index contributed by atoms with van der Waals surface area (Å²) in [5.41, 5.74) is 0.554. The minimum Gasteiger partial charge on any atom is -0.490 e. The van der Waals surface area contributed by atoms with E-state index in [1.807, 2.05) is 12.1 Å². The molecule has 1 aliphatic heterocycles. The monoisotopic (exact) mass is 261 g/mol. The van der Waals surface area contributed by atoms with Crippen LogP contribution >= 0.6 is 0 Å². The highest BCUT2D eigenvalue weighted by Gasteiger charge is 2.13. The van der Waals surface area contributed by atoms with Crippen LogP contribution < -0.4 is 4.74 Å². The van der Waals surface area contributed by atoms with Gasteiger partial charge in [-0.3, -0.25) is 0 Å². The predicted octanol–water partition coefficient (Wildman–Crippen LogP) is 2.52. The third-order valence-electron chi connectivity index (χ3n) is 3.07. The molecule has 0 radical (unpaired) electrons. The number of benzene rings is 1. The third kappa shape index (κ3) is 4.55. The van der Waals surface area contributed by atoms with Gasteiger partial charge in [-0.25, -0.2) is 0 Å². The zero-order valence-corrected chi connectivity index (χ0v) is 11.0. The Balaban J connectivity index is 1.62. The summed E-state index contributed by atoms with van der Waals surface area (Å²) in [4.78, 5) is 0. The summed E-state index contributed by atoms with van der Waals surface area (Å²) in [6.45, 7) is 2.44. The molecule has 0 amide bonds. The zero-order valence-electron chi connectivity index (χ0n) is 11.0. The van der Waals surface area contributed by atoms with Crippen LogP contribution in [0.15, 0.2) is 24.3 Å². The van der Waals surface area contributed by atoms with Crippen molar-refractivity contribution in [2.45, 2.75) is 25.4 Å². The molecule has 0 aliphatic carbocycles. The van der Waals surface area contributed by atoms with Gasteiger partial charge in [-0.1, -0.05) is 12.1 Å². The molecule has 1 aromatic carbocycles. The second kappa shape index (κ2) is 7.78. The van der Waals surface area contributed by atoms with Crippen molar-refractivity contribution >= 4 is 0 Å². The van der Waals surface area contributed by atoms with Gasteiger partial charge in [-0.2, -0.15) is 5.26 Å². The molecule has 0 spiro atoms. The Bertz CT molecular complexity index is 422. The Hall–Kier alpha value is -1.57. The third-order valence-corrected chi connectivity index (χ3v) is 3.07. The van der Waals surface area contributed by atoms with Crippen LogP contribution in [-0.2, 0) is 9.47 Å². The number of hydrogen-bond acceptors (Lipinski definition) is 4. The predicted molar refractivity (Wildman–Crippen MR) is 71.1 cm³/mol. The molecule has 102 valence electrons. The maximum atomic E-state index is 8.91. The Kier molecular flexibility index (Phi) is 5.67. The van der Waals surface area contributed by atoms with Gasteiger partial charge in [0.05, 0.1) is 24.9 Å². The maximum absolute atomic E-state index is 8.91. The van der Waals surface area contributed by atoms with Gasteiger partial charge in [0.1, 0.15) is 18.4 Å². The number of nitrogens with zero attached hydrogens (tertiary/aromatic N) is 1. The Labute approximate surface area is 113 Å². The van der Waals surface area contributed by atoms with Crippen molar-refractivity contribution in [3.05, 3.63) is 29.8 Å². The summed E-state index contributed by atoms with van der Waals surface area (Å²) < 4.78 is 16.6. The van der Waals surface area contributed by atoms with Crippen molar-refractivity contribution in [3.8, 4) is 11.8 Å². The molecule has 1 aliphatic rings. The topological polar surface area (TPSA) is 51.5 Å². The molecule has 0 aromatic heterocycles. The standard InChI is InChI=1S/C15H19NO3/c16-11-13-5-1-2-7-15(13)19-10-9-17-12-14-6-3-4-8-18-14/h1-2,5,7,14H,3-4,6,8-10,12H2. The molecule has 1 heterocycles. The molecule has 4 nitrogen and oxygen atoms in total. The van der Waals surface area contributed by atoms with Crippen LogP contribution in [-0.4, -0.2) is 32.5 Å². The average Bonchev–Trinajstić information content (AvgIpc) is 2.48. The molecule has 1 saturated heterocycles. The van der Waals surface area contributed by atoms with E-state index in [1.165, 1.54) is 6.42 Å². The van der Waals surface area contributed by atoms with Gasteiger partial charge in [0.15, 0.2) is 0 Å². The fraction of sp³-hybridized carbons (Fsp3) is 0.533.